The van der Waals surface area contributed by atoms with Gasteiger partial charge in [0.2, 0.25) is 0 Å². The fraction of sp³-hybridized carbons (Fsp3) is 0.943. The maximum atomic E-state index is 13.0. The van der Waals surface area contributed by atoms with Gasteiger partial charge < -0.3 is 33.8 Å². The fourth-order valence-corrected chi connectivity index (χ4v) is 12.0. The maximum absolute atomic E-state index is 13.0. The van der Waals surface area contributed by atoms with Crippen molar-refractivity contribution >= 4 is 39.5 Å². The number of ether oxygens (including phenoxy) is 4. The largest absolute Gasteiger partial charge is 0.472 e. The van der Waals surface area contributed by atoms with Crippen LogP contribution in [0.3, 0.4) is 0 Å². The molecular weight excluding hydrogens is 1170 g/mol. The Morgan fingerprint density at radius 1 is 0.315 bits per heavy atom. The first-order valence-corrected chi connectivity index (χ1v) is 39.2. The predicted molar refractivity (Wildman–Crippen MR) is 358 cm³/mol. The van der Waals surface area contributed by atoms with Gasteiger partial charge in [-0.3, -0.25) is 37.3 Å². The van der Waals surface area contributed by atoms with Crippen LogP contribution in [0.5, 0.6) is 0 Å². The molecule has 0 aromatic heterocycles. The number of phosphoric ester groups is 2. The molecule has 89 heavy (non-hydrogen) atoms. The van der Waals surface area contributed by atoms with E-state index in [1.54, 1.807) is 0 Å². The van der Waals surface area contributed by atoms with Gasteiger partial charge in [0.05, 0.1) is 26.4 Å². The Bertz CT molecular complexity index is 1770. The molecule has 0 aromatic rings. The zero-order valence-electron chi connectivity index (χ0n) is 58.1. The van der Waals surface area contributed by atoms with Crippen molar-refractivity contribution in [3.63, 3.8) is 0 Å². The molecule has 6 atom stereocenters. The second-order valence-electron chi connectivity index (χ2n) is 26.9. The van der Waals surface area contributed by atoms with Gasteiger partial charge in [-0.1, -0.05) is 293 Å². The third-order valence-electron chi connectivity index (χ3n) is 16.4. The first-order chi connectivity index (χ1) is 42.6. The van der Waals surface area contributed by atoms with Crippen molar-refractivity contribution in [2.75, 3.05) is 39.6 Å². The predicted octanol–water partition coefficient (Wildman–Crippen LogP) is 19.7. The van der Waals surface area contributed by atoms with E-state index >= 15 is 0 Å². The van der Waals surface area contributed by atoms with Crippen LogP contribution in [-0.4, -0.2) is 96.7 Å². The summed E-state index contributed by atoms with van der Waals surface area (Å²) in [5, 5.41) is 10.6. The number of hydrogen-bond acceptors (Lipinski definition) is 15. The maximum Gasteiger partial charge on any atom is 0.472 e. The molecule has 528 valence electrons. The van der Waals surface area contributed by atoms with E-state index in [4.69, 9.17) is 37.0 Å². The lowest BCUT2D eigenvalue weighted by Crippen LogP contribution is -2.30. The number of esters is 4. The normalized spacial score (nSPS) is 14.6. The zero-order chi connectivity index (χ0) is 66.1. The summed E-state index contributed by atoms with van der Waals surface area (Å²) in [6.07, 6.45) is 41.8. The van der Waals surface area contributed by atoms with Crippen LogP contribution in [-0.2, 0) is 65.4 Å². The smallest absolute Gasteiger partial charge is 0.462 e. The van der Waals surface area contributed by atoms with Crippen molar-refractivity contribution < 1.29 is 80.2 Å². The van der Waals surface area contributed by atoms with Gasteiger partial charge in [-0.05, 0) is 49.4 Å². The molecule has 3 N–H and O–H groups in total. The molecule has 0 aliphatic rings. The van der Waals surface area contributed by atoms with Crippen LogP contribution in [0.25, 0.3) is 0 Å². The Hall–Kier alpha value is -1.94. The fourth-order valence-electron chi connectivity index (χ4n) is 10.5. The molecular formula is C70H136O17P2. The minimum Gasteiger partial charge on any atom is -0.462 e. The highest BCUT2D eigenvalue weighted by molar-refractivity contribution is 7.47. The Labute approximate surface area is 543 Å². The molecule has 0 amide bonds. The summed E-state index contributed by atoms with van der Waals surface area (Å²) in [5.74, 6) is 0.849. The quantitative estimate of drug-likeness (QED) is 0.0222. The number of unbranched alkanes of at least 4 members (excludes halogenated alkanes) is 32. The lowest BCUT2D eigenvalue weighted by molar-refractivity contribution is -0.161. The first-order valence-electron chi connectivity index (χ1n) is 36.2. The van der Waals surface area contributed by atoms with Gasteiger partial charge in [-0.25, -0.2) is 9.13 Å². The van der Waals surface area contributed by atoms with Crippen LogP contribution < -0.4 is 0 Å². The molecule has 19 heteroatoms. The van der Waals surface area contributed by atoms with Crippen LogP contribution >= 0.6 is 15.6 Å². The Kier molecular flexibility index (Phi) is 58.5. The third-order valence-corrected chi connectivity index (χ3v) is 18.3. The third kappa shape index (κ3) is 63.2. The summed E-state index contributed by atoms with van der Waals surface area (Å²) in [4.78, 5) is 72.5. The Morgan fingerprint density at radius 3 is 0.798 bits per heavy atom. The molecule has 0 saturated carbocycles. The average molecular weight is 1310 g/mol. The molecule has 0 rings (SSSR count). The minimum absolute atomic E-state index is 0.101. The van der Waals surface area contributed by atoms with Crippen molar-refractivity contribution in [3.8, 4) is 0 Å². The standard InChI is InChI=1S/C70H136O17P2/c1-9-63(8)49-41-33-24-17-14-15-18-25-34-42-50-67(72)80-56-65(86-69(74)52-44-36-27-19-13-11-10-12-16-22-30-38-46-60(2)3)58-84-88(76,77)82-54-64(71)55-83-89(78,79)85-59-66(87-70(75)53-45-37-29-28-32-40-48-62(6)7)57-81-68(73)51-43-35-26-21-20-23-31-39-47-61(4)5/h60-66,71H,9-59H2,1-8H3,(H,76,77)(H,78,79)/t63?,64?,65-,66-/m1/s1. The van der Waals surface area contributed by atoms with Crippen molar-refractivity contribution in [2.24, 2.45) is 23.7 Å². The number of aliphatic hydroxyl groups is 1. The second kappa shape index (κ2) is 59.8. The van der Waals surface area contributed by atoms with Crippen LogP contribution in [0.15, 0.2) is 0 Å². The summed E-state index contributed by atoms with van der Waals surface area (Å²) in [5.41, 5.74) is 0. The molecule has 0 saturated heterocycles. The van der Waals surface area contributed by atoms with Crippen molar-refractivity contribution in [3.05, 3.63) is 0 Å². The van der Waals surface area contributed by atoms with E-state index in [2.05, 4.69) is 55.4 Å². The van der Waals surface area contributed by atoms with E-state index in [9.17, 15) is 43.2 Å². The summed E-state index contributed by atoms with van der Waals surface area (Å²) < 4.78 is 68.2. The monoisotopic (exact) mass is 1310 g/mol. The lowest BCUT2D eigenvalue weighted by Gasteiger charge is -2.21. The van der Waals surface area contributed by atoms with E-state index in [-0.39, 0.29) is 25.7 Å². The number of carbonyl (C=O) groups excluding carboxylic acids is 4. The molecule has 4 unspecified atom stereocenters. The molecule has 0 spiro atoms. The first kappa shape index (κ1) is 87.1. The van der Waals surface area contributed by atoms with E-state index in [0.29, 0.717) is 31.6 Å². The molecule has 0 aliphatic carbocycles. The van der Waals surface area contributed by atoms with E-state index in [1.807, 2.05) is 0 Å². The van der Waals surface area contributed by atoms with Gasteiger partial charge in [-0.2, -0.15) is 0 Å². The van der Waals surface area contributed by atoms with Crippen molar-refractivity contribution in [1.82, 2.24) is 0 Å². The second-order valence-corrected chi connectivity index (χ2v) is 29.8. The molecule has 0 fully saturated rings. The van der Waals surface area contributed by atoms with Gasteiger partial charge >= 0.3 is 39.5 Å². The van der Waals surface area contributed by atoms with Crippen LogP contribution in [0.2, 0.25) is 0 Å². The number of aliphatic hydroxyl groups excluding tert-OH is 1. The summed E-state index contributed by atoms with van der Waals surface area (Å²) in [7, 11) is -9.90. The van der Waals surface area contributed by atoms with E-state index in [1.165, 1.54) is 148 Å². The topological polar surface area (TPSA) is 237 Å². The summed E-state index contributed by atoms with van der Waals surface area (Å²) in [6.45, 7) is 14.1. The lowest BCUT2D eigenvalue weighted by atomic mass is 9.99. The highest BCUT2D eigenvalue weighted by Crippen LogP contribution is 2.45. The minimum atomic E-state index is -4.95. The van der Waals surface area contributed by atoms with Gasteiger partial charge in [0, 0.05) is 25.7 Å². The molecule has 0 aromatic carbocycles. The van der Waals surface area contributed by atoms with E-state index < -0.39 is 97.5 Å². The molecule has 17 nitrogen and oxygen atoms in total. The van der Waals surface area contributed by atoms with Gasteiger partial charge in [-0.15, -0.1) is 0 Å². The number of rotatable bonds is 67. The highest BCUT2D eigenvalue weighted by atomic mass is 31.2. The molecule has 0 aliphatic heterocycles. The number of hydrogen-bond donors (Lipinski definition) is 3. The van der Waals surface area contributed by atoms with Gasteiger partial charge in [0.15, 0.2) is 12.2 Å². The Morgan fingerprint density at radius 2 is 0.539 bits per heavy atom. The van der Waals surface area contributed by atoms with Crippen molar-refractivity contribution in [1.29, 1.82) is 0 Å². The zero-order valence-corrected chi connectivity index (χ0v) is 59.8. The number of carbonyl (C=O) groups is 4. The molecule has 0 radical (unpaired) electrons. The highest BCUT2D eigenvalue weighted by Gasteiger charge is 2.30. The van der Waals surface area contributed by atoms with E-state index in [0.717, 1.165) is 108 Å². The van der Waals surface area contributed by atoms with Crippen molar-refractivity contribution in [2.45, 2.75) is 363 Å². The summed E-state index contributed by atoms with van der Waals surface area (Å²) in [6, 6.07) is 0. The van der Waals surface area contributed by atoms with Gasteiger partial charge in [0.25, 0.3) is 0 Å². The molecule has 0 heterocycles. The summed E-state index contributed by atoms with van der Waals surface area (Å²) >= 11 is 0. The van der Waals surface area contributed by atoms with Crippen LogP contribution in [0.4, 0.5) is 0 Å². The SMILES string of the molecule is CCC(C)CCCCCCCCCCCCC(=O)OC[C@H](COP(=O)(O)OCC(O)COP(=O)(O)OC[C@@H](COC(=O)CCCCCCCCCCC(C)C)OC(=O)CCCCCCCCC(C)C)OC(=O)CCCCCCCCCCCCCCC(C)C. The molecule has 0 bridgehead atoms. The Balaban J connectivity index is 5.25. The van der Waals surface area contributed by atoms with Crippen LogP contribution in [0, 0.1) is 23.7 Å². The average Bonchev–Trinajstić information content (AvgIpc) is 3.68. The van der Waals surface area contributed by atoms with Gasteiger partial charge in [0.1, 0.15) is 19.3 Å². The number of phosphoric acid groups is 2. The van der Waals surface area contributed by atoms with Crippen LogP contribution in [0.1, 0.15) is 344 Å².